The lowest BCUT2D eigenvalue weighted by Crippen LogP contribution is -2.22. The summed E-state index contributed by atoms with van der Waals surface area (Å²) in [5.74, 6) is 1.17. The summed E-state index contributed by atoms with van der Waals surface area (Å²) < 4.78 is 7.52. The van der Waals surface area contributed by atoms with Crippen molar-refractivity contribution in [1.82, 2.24) is 20.1 Å². The normalized spacial score (nSPS) is 10.6. The standard InChI is InChI=1S/C25H23N5O3/c1-16-13-17(2)30(29-16)23-12-3-18(14-27-23)15-28-25(32)20-6-10-22(11-7-20)33-21-8-4-19(5-9-21)24(26)31/h3-14H,15H2,1-2H3,(H2,26,31)(H,28,32). The van der Waals surface area contributed by atoms with Crippen molar-refractivity contribution >= 4 is 11.8 Å². The lowest BCUT2D eigenvalue weighted by molar-refractivity contribution is 0.0949. The number of benzene rings is 2. The summed E-state index contributed by atoms with van der Waals surface area (Å²) >= 11 is 0. The Morgan fingerprint density at radius 3 is 2.09 bits per heavy atom. The number of aryl methyl sites for hydroxylation is 2. The van der Waals surface area contributed by atoms with Gasteiger partial charge in [-0.1, -0.05) is 6.07 Å². The molecule has 0 saturated heterocycles. The first-order valence-electron chi connectivity index (χ1n) is 10.3. The minimum absolute atomic E-state index is 0.199. The molecule has 0 spiro atoms. The largest absolute Gasteiger partial charge is 0.457 e. The maximum absolute atomic E-state index is 12.5. The van der Waals surface area contributed by atoms with Crippen LogP contribution in [0.2, 0.25) is 0 Å². The first kappa shape index (κ1) is 21.8. The number of hydrogen-bond acceptors (Lipinski definition) is 5. The number of nitrogens with one attached hydrogen (secondary N) is 1. The predicted molar refractivity (Wildman–Crippen MR) is 123 cm³/mol. The van der Waals surface area contributed by atoms with E-state index in [-0.39, 0.29) is 5.91 Å². The lowest BCUT2D eigenvalue weighted by atomic mass is 10.2. The molecule has 33 heavy (non-hydrogen) atoms. The lowest BCUT2D eigenvalue weighted by Gasteiger charge is -2.09. The number of aromatic nitrogens is 3. The zero-order valence-electron chi connectivity index (χ0n) is 18.3. The van der Waals surface area contributed by atoms with E-state index in [1.807, 2.05) is 32.0 Å². The van der Waals surface area contributed by atoms with Crippen LogP contribution in [0.4, 0.5) is 0 Å². The van der Waals surface area contributed by atoms with Gasteiger partial charge in [0.15, 0.2) is 5.82 Å². The van der Waals surface area contributed by atoms with Crippen LogP contribution >= 0.6 is 0 Å². The van der Waals surface area contributed by atoms with Gasteiger partial charge >= 0.3 is 0 Å². The Kier molecular flexibility index (Phi) is 6.17. The van der Waals surface area contributed by atoms with E-state index in [2.05, 4.69) is 15.4 Å². The SMILES string of the molecule is Cc1cc(C)n(-c2ccc(CNC(=O)c3ccc(Oc4ccc(C(N)=O)cc4)cc3)cn2)n1. The van der Waals surface area contributed by atoms with Gasteiger partial charge in [0.2, 0.25) is 5.91 Å². The molecule has 2 aromatic carbocycles. The van der Waals surface area contributed by atoms with Crippen LogP contribution in [0.25, 0.3) is 5.82 Å². The number of hydrogen-bond donors (Lipinski definition) is 2. The number of amides is 2. The fourth-order valence-corrected chi connectivity index (χ4v) is 3.29. The van der Waals surface area contributed by atoms with E-state index in [1.165, 1.54) is 0 Å². The third-order valence-corrected chi connectivity index (χ3v) is 4.98. The number of ether oxygens (including phenoxy) is 1. The van der Waals surface area contributed by atoms with Crippen molar-refractivity contribution in [2.45, 2.75) is 20.4 Å². The van der Waals surface area contributed by atoms with E-state index in [0.29, 0.717) is 29.2 Å². The van der Waals surface area contributed by atoms with Gasteiger partial charge in [-0.25, -0.2) is 9.67 Å². The van der Waals surface area contributed by atoms with Gasteiger partial charge < -0.3 is 15.8 Å². The van der Waals surface area contributed by atoms with Crippen molar-refractivity contribution in [2.75, 3.05) is 0 Å². The topological polar surface area (TPSA) is 112 Å². The number of pyridine rings is 1. The Hall–Kier alpha value is -4.46. The number of carbonyl (C=O) groups is 2. The molecular formula is C25H23N5O3. The number of rotatable bonds is 7. The van der Waals surface area contributed by atoms with Crippen molar-refractivity contribution in [1.29, 1.82) is 0 Å². The third-order valence-electron chi connectivity index (χ3n) is 4.98. The predicted octanol–water partition coefficient (Wildman–Crippen LogP) is 3.71. The highest BCUT2D eigenvalue weighted by atomic mass is 16.5. The van der Waals surface area contributed by atoms with Crippen LogP contribution < -0.4 is 15.8 Å². The van der Waals surface area contributed by atoms with Gasteiger partial charge in [-0.2, -0.15) is 5.10 Å². The van der Waals surface area contributed by atoms with Crippen molar-refractivity contribution < 1.29 is 14.3 Å². The van der Waals surface area contributed by atoms with Gasteiger partial charge in [-0.15, -0.1) is 0 Å². The Balaban J connectivity index is 1.33. The second-order valence-electron chi connectivity index (χ2n) is 7.56. The van der Waals surface area contributed by atoms with Crippen molar-refractivity contribution in [2.24, 2.45) is 5.73 Å². The maximum atomic E-state index is 12.5. The minimum atomic E-state index is -0.494. The molecule has 166 valence electrons. The third kappa shape index (κ3) is 5.24. The summed E-state index contributed by atoms with van der Waals surface area (Å²) in [6.07, 6.45) is 1.73. The van der Waals surface area contributed by atoms with Crippen LogP contribution in [0.1, 0.15) is 37.7 Å². The van der Waals surface area contributed by atoms with Gasteiger partial charge in [0, 0.05) is 29.6 Å². The number of primary amides is 1. The fraction of sp³-hybridized carbons (Fsp3) is 0.120. The highest BCUT2D eigenvalue weighted by Gasteiger charge is 2.08. The van der Waals surface area contributed by atoms with Crippen LogP contribution in [0.3, 0.4) is 0 Å². The molecule has 2 amide bonds. The van der Waals surface area contributed by atoms with Gasteiger partial charge in [0.05, 0.1) is 5.69 Å². The Morgan fingerprint density at radius 1 is 0.939 bits per heavy atom. The molecule has 0 atom stereocenters. The van der Waals surface area contributed by atoms with E-state index >= 15 is 0 Å². The minimum Gasteiger partial charge on any atom is -0.457 e. The number of nitrogens with zero attached hydrogens (tertiary/aromatic N) is 3. The molecule has 3 N–H and O–H groups in total. The molecule has 2 aromatic heterocycles. The summed E-state index contributed by atoms with van der Waals surface area (Å²) in [7, 11) is 0. The molecule has 0 fully saturated rings. The van der Waals surface area contributed by atoms with E-state index < -0.39 is 5.91 Å². The highest BCUT2D eigenvalue weighted by molar-refractivity contribution is 5.94. The van der Waals surface area contributed by atoms with E-state index in [4.69, 9.17) is 10.5 Å². The molecule has 8 heteroatoms. The molecule has 0 bridgehead atoms. The van der Waals surface area contributed by atoms with Crippen LogP contribution in [0, 0.1) is 13.8 Å². The summed E-state index contributed by atoms with van der Waals surface area (Å²) in [5.41, 5.74) is 8.98. The van der Waals surface area contributed by atoms with Crippen LogP contribution in [0.5, 0.6) is 11.5 Å². The van der Waals surface area contributed by atoms with Crippen LogP contribution in [0.15, 0.2) is 72.9 Å². The molecule has 4 rings (SSSR count). The molecule has 0 aliphatic heterocycles. The molecule has 0 radical (unpaired) electrons. The zero-order valence-corrected chi connectivity index (χ0v) is 18.3. The highest BCUT2D eigenvalue weighted by Crippen LogP contribution is 2.22. The van der Waals surface area contributed by atoms with Gasteiger partial charge in [0.1, 0.15) is 11.5 Å². The van der Waals surface area contributed by atoms with Crippen molar-refractivity contribution in [3.8, 4) is 17.3 Å². The summed E-state index contributed by atoms with van der Waals surface area (Å²) in [4.78, 5) is 28.1. The zero-order chi connectivity index (χ0) is 23.4. The first-order chi connectivity index (χ1) is 15.9. The summed E-state index contributed by atoms with van der Waals surface area (Å²) in [5, 5.41) is 7.31. The van der Waals surface area contributed by atoms with Gasteiger partial charge in [0.25, 0.3) is 5.91 Å². The molecule has 0 aliphatic carbocycles. The van der Waals surface area contributed by atoms with Gasteiger partial charge in [-0.3, -0.25) is 9.59 Å². The van der Waals surface area contributed by atoms with E-state index in [1.54, 1.807) is 59.4 Å². The molecule has 4 aromatic rings. The Bertz CT molecular complexity index is 1280. The molecule has 0 unspecified atom stereocenters. The fourth-order valence-electron chi connectivity index (χ4n) is 3.29. The summed E-state index contributed by atoms with van der Waals surface area (Å²) in [6.45, 7) is 4.27. The second-order valence-corrected chi connectivity index (χ2v) is 7.56. The number of carbonyl (C=O) groups excluding carboxylic acids is 2. The van der Waals surface area contributed by atoms with Gasteiger partial charge in [-0.05, 0) is 80.1 Å². The number of nitrogens with two attached hydrogens (primary N) is 1. The molecular weight excluding hydrogens is 418 g/mol. The van der Waals surface area contributed by atoms with Crippen molar-refractivity contribution in [3.05, 3.63) is 101 Å². The average molecular weight is 441 g/mol. The molecule has 0 saturated carbocycles. The molecule has 0 aliphatic rings. The monoisotopic (exact) mass is 441 g/mol. The van der Waals surface area contributed by atoms with E-state index in [9.17, 15) is 9.59 Å². The maximum Gasteiger partial charge on any atom is 0.251 e. The Morgan fingerprint density at radius 2 is 1.58 bits per heavy atom. The van der Waals surface area contributed by atoms with Crippen LogP contribution in [-0.2, 0) is 6.54 Å². The summed E-state index contributed by atoms with van der Waals surface area (Å²) in [6, 6.07) is 19.1. The second kappa shape index (κ2) is 9.35. The average Bonchev–Trinajstić information content (AvgIpc) is 3.16. The van der Waals surface area contributed by atoms with Crippen LogP contribution in [-0.4, -0.2) is 26.6 Å². The molecule has 2 heterocycles. The quantitative estimate of drug-likeness (QED) is 0.454. The van der Waals surface area contributed by atoms with E-state index in [0.717, 1.165) is 22.8 Å². The smallest absolute Gasteiger partial charge is 0.251 e. The van der Waals surface area contributed by atoms with Crippen molar-refractivity contribution in [3.63, 3.8) is 0 Å². The first-order valence-corrected chi connectivity index (χ1v) is 10.3. The Labute approximate surface area is 191 Å². The molecule has 8 nitrogen and oxygen atoms in total.